The second kappa shape index (κ2) is 15.8. The van der Waals surface area contributed by atoms with E-state index in [0.29, 0.717) is 17.5 Å². The SMILES string of the molecule is c1ccc(-c2cccc(-c3nc(-c4cccc(-c5ccccc5)c4)nc(-c4cccc(-c5cccc6c5sc5c(-c7ccccc7)cc(-c7ccccc7)cc56)c4)n3)c2)cc1. The minimum absolute atomic E-state index is 0.625. The first-order valence-electron chi connectivity index (χ1n) is 20.5. The molecular formula is C57H37N3S. The molecule has 2 aromatic heterocycles. The molecule has 0 fully saturated rings. The molecule has 0 spiro atoms. The summed E-state index contributed by atoms with van der Waals surface area (Å²) in [4.78, 5) is 15.6. The van der Waals surface area contributed by atoms with Gasteiger partial charge in [-0.3, -0.25) is 0 Å². The molecule has 3 nitrogen and oxygen atoms in total. The fraction of sp³-hybridized carbons (Fsp3) is 0. The van der Waals surface area contributed by atoms with Crippen molar-refractivity contribution in [3.8, 4) is 89.8 Å². The molecule has 9 aromatic carbocycles. The van der Waals surface area contributed by atoms with Crippen molar-refractivity contribution < 1.29 is 0 Å². The molecule has 2 heterocycles. The quantitative estimate of drug-likeness (QED) is 0.154. The number of nitrogens with zero attached hydrogens (tertiary/aromatic N) is 3. The Hall–Kier alpha value is -7.79. The Balaban J connectivity index is 1.07. The Bertz CT molecular complexity index is 3240. The molecule has 11 rings (SSSR count). The Kier molecular flexibility index (Phi) is 9.38. The molecule has 0 N–H and O–H groups in total. The molecule has 61 heavy (non-hydrogen) atoms. The van der Waals surface area contributed by atoms with E-state index in [1.54, 1.807) is 0 Å². The summed E-state index contributed by atoms with van der Waals surface area (Å²) < 4.78 is 2.54. The molecule has 0 aliphatic heterocycles. The largest absolute Gasteiger partial charge is 0.208 e. The van der Waals surface area contributed by atoms with Crippen LogP contribution in [0.1, 0.15) is 0 Å². The molecule has 11 aromatic rings. The second-order valence-electron chi connectivity index (χ2n) is 15.2. The summed E-state index contributed by atoms with van der Waals surface area (Å²) >= 11 is 1.87. The van der Waals surface area contributed by atoms with E-state index in [0.717, 1.165) is 44.5 Å². The summed E-state index contributed by atoms with van der Waals surface area (Å²) in [5, 5.41) is 2.51. The lowest BCUT2D eigenvalue weighted by Crippen LogP contribution is -2.00. The van der Waals surface area contributed by atoms with Gasteiger partial charge < -0.3 is 0 Å². The fourth-order valence-electron chi connectivity index (χ4n) is 8.28. The molecule has 4 heteroatoms. The molecule has 0 saturated carbocycles. The third-order valence-corrected chi connectivity index (χ3v) is 12.6. The van der Waals surface area contributed by atoms with Gasteiger partial charge in [0.1, 0.15) is 0 Å². The normalized spacial score (nSPS) is 11.3. The van der Waals surface area contributed by atoms with Crippen LogP contribution in [0, 0.1) is 0 Å². The number of hydrogen-bond acceptors (Lipinski definition) is 4. The van der Waals surface area contributed by atoms with Crippen molar-refractivity contribution in [1.82, 2.24) is 15.0 Å². The van der Waals surface area contributed by atoms with E-state index in [1.807, 2.05) is 23.5 Å². The van der Waals surface area contributed by atoms with E-state index in [1.165, 1.54) is 48.0 Å². The smallest absolute Gasteiger partial charge is 0.164 e. The highest BCUT2D eigenvalue weighted by molar-refractivity contribution is 7.26. The van der Waals surface area contributed by atoms with Crippen molar-refractivity contribution in [2.24, 2.45) is 0 Å². The van der Waals surface area contributed by atoms with Gasteiger partial charge >= 0.3 is 0 Å². The van der Waals surface area contributed by atoms with Crippen LogP contribution < -0.4 is 0 Å². The van der Waals surface area contributed by atoms with Crippen molar-refractivity contribution in [2.75, 3.05) is 0 Å². The van der Waals surface area contributed by atoms with E-state index in [-0.39, 0.29) is 0 Å². The summed E-state index contributed by atoms with van der Waals surface area (Å²) in [5.41, 5.74) is 14.5. The summed E-state index contributed by atoms with van der Waals surface area (Å²) in [6.07, 6.45) is 0. The van der Waals surface area contributed by atoms with Gasteiger partial charge in [-0.2, -0.15) is 0 Å². The lowest BCUT2D eigenvalue weighted by Gasteiger charge is -2.11. The molecule has 0 aliphatic rings. The molecule has 0 radical (unpaired) electrons. The van der Waals surface area contributed by atoms with Gasteiger partial charge in [0.2, 0.25) is 0 Å². The molecule has 0 saturated heterocycles. The molecular weight excluding hydrogens is 759 g/mol. The zero-order chi connectivity index (χ0) is 40.5. The molecule has 0 unspecified atom stereocenters. The van der Waals surface area contributed by atoms with Crippen molar-refractivity contribution in [2.45, 2.75) is 0 Å². The fourth-order valence-corrected chi connectivity index (χ4v) is 9.64. The lowest BCUT2D eigenvalue weighted by molar-refractivity contribution is 1.07. The van der Waals surface area contributed by atoms with E-state index in [9.17, 15) is 0 Å². The van der Waals surface area contributed by atoms with Gasteiger partial charge in [0, 0.05) is 42.4 Å². The first kappa shape index (κ1) is 36.3. The third-order valence-electron chi connectivity index (χ3n) is 11.3. The maximum Gasteiger partial charge on any atom is 0.164 e. The topological polar surface area (TPSA) is 38.7 Å². The Labute approximate surface area is 359 Å². The minimum atomic E-state index is 0.625. The van der Waals surface area contributed by atoms with Gasteiger partial charge in [0.05, 0.1) is 0 Å². The first-order valence-corrected chi connectivity index (χ1v) is 21.3. The van der Waals surface area contributed by atoms with Crippen LogP contribution in [0.4, 0.5) is 0 Å². The van der Waals surface area contributed by atoms with Gasteiger partial charge in [-0.05, 0) is 80.4 Å². The van der Waals surface area contributed by atoms with E-state index >= 15 is 0 Å². The third kappa shape index (κ3) is 7.09. The summed E-state index contributed by atoms with van der Waals surface area (Å²) in [6.45, 7) is 0. The van der Waals surface area contributed by atoms with Gasteiger partial charge in [-0.25, -0.2) is 15.0 Å². The highest BCUT2D eigenvalue weighted by atomic mass is 32.1. The Morgan fingerprint density at radius 2 is 0.607 bits per heavy atom. The minimum Gasteiger partial charge on any atom is -0.208 e. The number of hydrogen-bond donors (Lipinski definition) is 0. The van der Waals surface area contributed by atoms with Crippen LogP contribution in [-0.2, 0) is 0 Å². The lowest BCUT2D eigenvalue weighted by atomic mass is 9.95. The van der Waals surface area contributed by atoms with Crippen LogP contribution in [0.5, 0.6) is 0 Å². The molecule has 286 valence electrons. The molecule has 0 amide bonds. The Morgan fingerprint density at radius 3 is 1.11 bits per heavy atom. The molecule has 0 bridgehead atoms. The van der Waals surface area contributed by atoms with Gasteiger partial charge in [-0.15, -0.1) is 11.3 Å². The van der Waals surface area contributed by atoms with Gasteiger partial charge in [0.25, 0.3) is 0 Å². The molecule has 0 atom stereocenters. The Morgan fingerprint density at radius 1 is 0.230 bits per heavy atom. The van der Waals surface area contributed by atoms with Crippen molar-refractivity contribution in [3.05, 3.63) is 224 Å². The number of thiophene rings is 1. The number of aromatic nitrogens is 3. The highest BCUT2D eigenvalue weighted by Gasteiger charge is 2.18. The van der Waals surface area contributed by atoms with Crippen LogP contribution in [0.25, 0.3) is 110 Å². The van der Waals surface area contributed by atoms with Crippen molar-refractivity contribution >= 4 is 31.5 Å². The summed E-state index contributed by atoms with van der Waals surface area (Å²) in [7, 11) is 0. The van der Waals surface area contributed by atoms with E-state index in [4.69, 9.17) is 15.0 Å². The highest BCUT2D eigenvalue weighted by Crippen LogP contribution is 2.46. The average Bonchev–Trinajstić information content (AvgIpc) is 3.74. The maximum absolute atomic E-state index is 5.21. The van der Waals surface area contributed by atoms with Crippen molar-refractivity contribution in [3.63, 3.8) is 0 Å². The van der Waals surface area contributed by atoms with Crippen molar-refractivity contribution in [1.29, 1.82) is 0 Å². The zero-order valence-corrected chi connectivity index (χ0v) is 33.9. The van der Waals surface area contributed by atoms with Gasteiger partial charge in [0.15, 0.2) is 17.5 Å². The average molecular weight is 796 g/mol. The van der Waals surface area contributed by atoms with E-state index < -0.39 is 0 Å². The second-order valence-corrected chi connectivity index (χ2v) is 16.2. The van der Waals surface area contributed by atoms with E-state index in [2.05, 4.69) is 212 Å². The van der Waals surface area contributed by atoms with Crippen LogP contribution >= 0.6 is 11.3 Å². The predicted octanol–water partition coefficient (Wildman–Crippen LogP) is 15.6. The predicted molar refractivity (Wildman–Crippen MR) is 256 cm³/mol. The summed E-state index contributed by atoms with van der Waals surface area (Å²) in [6, 6.07) is 79.3. The van der Waals surface area contributed by atoms with Crippen LogP contribution in [0.3, 0.4) is 0 Å². The zero-order valence-electron chi connectivity index (χ0n) is 33.1. The number of fused-ring (bicyclic) bond motifs is 3. The summed E-state index contributed by atoms with van der Waals surface area (Å²) in [5.74, 6) is 1.88. The standard InChI is InChI=1S/C57H37N3S/c1-5-17-38(18-6-1)42-25-13-28-45(33-42)55-58-56(46-29-14-26-43(34-46)39-19-7-2-8-20-39)60-57(59-55)47-30-15-27-44(35-47)49-31-16-32-50-52-37-48(40-21-9-3-10-22-40)36-51(54(52)61-53(49)50)41-23-11-4-12-24-41/h1-37H. The van der Waals surface area contributed by atoms with Crippen LogP contribution in [0.2, 0.25) is 0 Å². The number of benzene rings is 9. The molecule has 0 aliphatic carbocycles. The first-order chi connectivity index (χ1) is 30.2. The van der Waals surface area contributed by atoms with Crippen LogP contribution in [-0.4, -0.2) is 15.0 Å². The number of rotatable bonds is 8. The maximum atomic E-state index is 5.21. The van der Waals surface area contributed by atoms with Crippen LogP contribution in [0.15, 0.2) is 224 Å². The monoisotopic (exact) mass is 795 g/mol. The van der Waals surface area contributed by atoms with Gasteiger partial charge in [-0.1, -0.05) is 194 Å².